The van der Waals surface area contributed by atoms with E-state index in [0.717, 1.165) is 10.9 Å². The van der Waals surface area contributed by atoms with Crippen molar-refractivity contribution in [3.8, 4) is 0 Å². The summed E-state index contributed by atoms with van der Waals surface area (Å²) in [6.45, 7) is 1.66. The number of hydrogen-bond acceptors (Lipinski definition) is 3. The Morgan fingerprint density at radius 2 is 2.14 bits per heavy atom. The molecular formula is C15H16FN3O2. The Hall–Kier alpha value is -2.21. The summed E-state index contributed by atoms with van der Waals surface area (Å²) in [7, 11) is 0. The van der Waals surface area contributed by atoms with Crippen molar-refractivity contribution in [1.82, 2.24) is 9.88 Å². The average molecular weight is 289 g/mol. The first-order valence-corrected chi connectivity index (χ1v) is 6.85. The molecule has 2 atom stereocenters. The molecule has 0 aliphatic carbocycles. The number of carbonyl (C=O) groups excluding carboxylic acids is 2. The molecule has 1 saturated heterocycles. The molecule has 1 amide bonds. The standard InChI is InChI=1S/C15H16FN3O2/c1-9(20)19-8-13(11-4-2-3-5-14(11)19)18-15(21)12-6-10(16)7-17-12/h2-5,8,10,12,17H,6-7H2,1H3,(H,18,21)/t10-,12+/m1/s1. The molecule has 0 bridgehead atoms. The number of benzene rings is 1. The maximum Gasteiger partial charge on any atom is 0.241 e. The predicted molar refractivity (Wildman–Crippen MR) is 78.2 cm³/mol. The largest absolute Gasteiger partial charge is 0.323 e. The Balaban J connectivity index is 1.90. The topological polar surface area (TPSA) is 63.1 Å². The molecule has 110 valence electrons. The number of halogens is 1. The highest BCUT2D eigenvalue weighted by Gasteiger charge is 2.29. The number of anilines is 1. The molecule has 5 nitrogen and oxygen atoms in total. The molecule has 1 aromatic carbocycles. The monoisotopic (exact) mass is 289 g/mol. The molecule has 0 radical (unpaired) electrons. The molecule has 21 heavy (non-hydrogen) atoms. The fraction of sp³-hybridized carbons (Fsp3) is 0.333. The van der Waals surface area contributed by atoms with Crippen LogP contribution in [-0.4, -0.2) is 35.1 Å². The molecule has 2 heterocycles. The zero-order valence-corrected chi connectivity index (χ0v) is 11.6. The summed E-state index contributed by atoms with van der Waals surface area (Å²) >= 11 is 0. The van der Waals surface area contributed by atoms with Crippen molar-refractivity contribution < 1.29 is 14.0 Å². The summed E-state index contributed by atoms with van der Waals surface area (Å²) < 4.78 is 14.6. The van der Waals surface area contributed by atoms with Crippen LogP contribution in [-0.2, 0) is 4.79 Å². The van der Waals surface area contributed by atoms with Crippen LogP contribution in [0, 0.1) is 0 Å². The van der Waals surface area contributed by atoms with Crippen LogP contribution < -0.4 is 10.6 Å². The highest BCUT2D eigenvalue weighted by Crippen LogP contribution is 2.26. The number of hydrogen-bond donors (Lipinski definition) is 2. The highest BCUT2D eigenvalue weighted by molar-refractivity contribution is 6.06. The van der Waals surface area contributed by atoms with E-state index in [0.29, 0.717) is 5.69 Å². The zero-order chi connectivity index (χ0) is 15.0. The van der Waals surface area contributed by atoms with Crippen LogP contribution in [0.3, 0.4) is 0 Å². The zero-order valence-electron chi connectivity index (χ0n) is 11.6. The van der Waals surface area contributed by atoms with Gasteiger partial charge < -0.3 is 10.6 Å². The SMILES string of the molecule is CC(=O)n1cc(NC(=O)[C@@H]2C[C@@H](F)CN2)c2ccccc21. The number of aromatic nitrogens is 1. The lowest BCUT2D eigenvalue weighted by Gasteiger charge is -2.09. The van der Waals surface area contributed by atoms with Crippen molar-refractivity contribution >= 4 is 28.4 Å². The summed E-state index contributed by atoms with van der Waals surface area (Å²) in [6, 6.07) is 6.80. The van der Waals surface area contributed by atoms with Gasteiger partial charge in [0.2, 0.25) is 11.8 Å². The van der Waals surface area contributed by atoms with E-state index in [2.05, 4.69) is 10.6 Å². The van der Waals surface area contributed by atoms with Crippen molar-refractivity contribution in [2.24, 2.45) is 0 Å². The molecule has 1 fully saturated rings. The normalized spacial score (nSPS) is 21.6. The van der Waals surface area contributed by atoms with Crippen LogP contribution in [0.1, 0.15) is 18.1 Å². The number of carbonyl (C=O) groups is 2. The first-order chi connectivity index (χ1) is 10.1. The maximum atomic E-state index is 13.1. The van der Waals surface area contributed by atoms with E-state index in [1.54, 1.807) is 6.20 Å². The Morgan fingerprint density at radius 1 is 1.38 bits per heavy atom. The van der Waals surface area contributed by atoms with E-state index in [1.807, 2.05) is 24.3 Å². The Morgan fingerprint density at radius 3 is 2.81 bits per heavy atom. The van der Waals surface area contributed by atoms with Gasteiger partial charge in [0, 0.05) is 31.5 Å². The maximum absolute atomic E-state index is 13.1. The van der Waals surface area contributed by atoms with Gasteiger partial charge in [0.15, 0.2) is 0 Å². The molecule has 1 aromatic heterocycles. The number of amides is 1. The molecule has 0 saturated carbocycles. The van der Waals surface area contributed by atoms with Gasteiger partial charge in [-0.2, -0.15) is 0 Å². The molecule has 0 unspecified atom stereocenters. The lowest BCUT2D eigenvalue weighted by Crippen LogP contribution is -2.35. The van der Waals surface area contributed by atoms with Gasteiger partial charge in [0.25, 0.3) is 0 Å². The molecule has 2 aromatic rings. The Labute approximate surface area is 121 Å². The van der Waals surface area contributed by atoms with Crippen LogP contribution >= 0.6 is 0 Å². The first kappa shape index (κ1) is 13.8. The number of para-hydroxylation sites is 1. The van der Waals surface area contributed by atoms with Crippen molar-refractivity contribution in [1.29, 1.82) is 0 Å². The smallest absolute Gasteiger partial charge is 0.241 e. The van der Waals surface area contributed by atoms with Gasteiger partial charge in [-0.3, -0.25) is 14.2 Å². The second-order valence-electron chi connectivity index (χ2n) is 5.23. The third-order valence-electron chi connectivity index (χ3n) is 3.70. The summed E-state index contributed by atoms with van der Waals surface area (Å²) in [5.41, 5.74) is 1.30. The second kappa shape index (κ2) is 5.29. The van der Waals surface area contributed by atoms with Crippen molar-refractivity contribution in [3.05, 3.63) is 30.5 Å². The van der Waals surface area contributed by atoms with Crippen molar-refractivity contribution in [2.75, 3.05) is 11.9 Å². The molecule has 1 aliphatic rings. The van der Waals surface area contributed by atoms with Gasteiger partial charge >= 0.3 is 0 Å². The lowest BCUT2D eigenvalue weighted by atomic mass is 10.2. The number of nitrogens with one attached hydrogen (secondary N) is 2. The van der Waals surface area contributed by atoms with E-state index in [-0.39, 0.29) is 24.8 Å². The third kappa shape index (κ3) is 2.54. The van der Waals surface area contributed by atoms with Crippen LogP contribution in [0.4, 0.5) is 10.1 Å². The summed E-state index contributed by atoms with van der Waals surface area (Å²) in [5.74, 6) is -0.406. The quantitative estimate of drug-likeness (QED) is 0.888. The summed E-state index contributed by atoms with van der Waals surface area (Å²) in [6.07, 6.45) is 0.795. The number of fused-ring (bicyclic) bond motifs is 1. The fourth-order valence-corrected chi connectivity index (χ4v) is 2.65. The molecule has 6 heteroatoms. The number of alkyl halides is 1. The van der Waals surface area contributed by atoms with Gasteiger partial charge in [0.1, 0.15) is 6.17 Å². The Bertz CT molecular complexity index is 710. The van der Waals surface area contributed by atoms with Gasteiger partial charge in [0.05, 0.1) is 17.2 Å². The van der Waals surface area contributed by atoms with Gasteiger partial charge in [-0.05, 0) is 6.07 Å². The summed E-state index contributed by atoms with van der Waals surface area (Å²) in [5, 5.41) is 6.41. The molecule has 3 rings (SSSR count). The second-order valence-corrected chi connectivity index (χ2v) is 5.23. The van der Waals surface area contributed by atoms with E-state index in [4.69, 9.17) is 0 Å². The number of rotatable bonds is 2. The lowest BCUT2D eigenvalue weighted by molar-refractivity contribution is -0.117. The third-order valence-corrected chi connectivity index (χ3v) is 3.70. The minimum atomic E-state index is -0.987. The van der Waals surface area contributed by atoms with Crippen LogP contribution in [0.25, 0.3) is 10.9 Å². The molecule has 0 spiro atoms. The van der Waals surface area contributed by atoms with Crippen LogP contribution in [0.2, 0.25) is 0 Å². The first-order valence-electron chi connectivity index (χ1n) is 6.85. The fourth-order valence-electron chi connectivity index (χ4n) is 2.65. The molecule has 1 aliphatic heterocycles. The van der Waals surface area contributed by atoms with E-state index >= 15 is 0 Å². The van der Waals surface area contributed by atoms with Gasteiger partial charge in [-0.25, -0.2) is 4.39 Å². The van der Waals surface area contributed by atoms with Gasteiger partial charge in [-0.15, -0.1) is 0 Å². The molecular weight excluding hydrogens is 273 g/mol. The molecule has 2 N–H and O–H groups in total. The van der Waals surface area contributed by atoms with E-state index in [9.17, 15) is 14.0 Å². The summed E-state index contributed by atoms with van der Waals surface area (Å²) in [4.78, 5) is 23.8. The minimum absolute atomic E-state index is 0.130. The average Bonchev–Trinajstić information content (AvgIpc) is 3.04. The van der Waals surface area contributed by atoms with Crippen LogP contribution in [0.15, 0.2) is 30.5 Å². The van der Waals surface area contributed by atoms with E-state index < -0.39 is 12.2 Å². The Kier molecular flexibility index (Phi) is 3.47. The van der Waals surface area contributed by atoms with Gasteiger partial charge in [-0.1, -0.05) is 18.2 Å². The van der Waals surface area contributed by atoms with Crippen LogP contribution in [0.5, 0.6) is 0 Å². The highest BCUT2D eigenvalue weighted by atomic mass is 19.1. The van der Waals surface area contributed by atoms with E-state index in [1.165, 1.54) is 11.5 Å². The number of nitrogens with zero attached hydrogens (tertiary/aromatic N) is 1. The van der Waals surface area contributed by atoms with Crippen molar-refractivity contribution in [2.45, 2.75) is 25.6 Å². The predicted octanol–water partition coefficient (Wildman–Crippen LogP) is 1.94. The minimum Gasteiger partial charge on any atom is -0.323 e. The van der Waals surface area contributed by atoms with Crippen molar-refractivity contribution in [3.63, 3.8) is 0 Å².